The van der Waals surface area contributed by atoms with E-state index in [9.17, 15) is 28.6 Å². The topological polar surface area (TPSA) is 163 Å². The van der Waals surface area contributed by atoms with Crippen LogP contribution < -0.4 is 0 Å². The molecule has 13 nitrogen and oxygen atoms in total. The summed E-state index contributed by atoms with van der Waals surface area (Å²) in [6.07, 6.45) is -1.87. The van der Waals surface area contributed by atoms with Gasteiger partial charge < -0.3 is 34.2 Å². The molecule has 3 heterocycles. The summed E-state index contributed by atoms with van der Waals surface area (Å²) < 4.78 is 43.7. The van der Waals surface area contributed by atoms with E-state index in [-0.39, 0.29) is 55.1 Å². The number of benzene rings is 2. The van der Waals surface area contributed by atoms with E-state index in [1.54, 1.807) is 48.8 Å². The molecule has 53 heavy (non-hydrogen) atoms. The number of hydrogen-bond donors (Lipinski definition) is 2. The molecule has 2 N–H and O–H groups in total. The Bertz CT molecular complexity index is 1680. The second-order valence-corrected chi connectivity index (χ2v) is 15.4. The molecule has 2 unspecified atom stereocenters. The molecular weight excluding hydrogens is 690 g/mol. The molecule has 0 aromatic heterocycles. The van der Waals surface area contributed by atoms with Gasteiger partial charge >= 0.3 is 12.2 Å². The highest BCUT2D eigenvalue weighted by Gasteiger charge is 2.37. The van der Waals surface area contributed by atoms with Crippen LogP contribution in [0.5, 0.6) is 0 Å². The Labute approximate surface area is 309 Å². The molecule has 3 aliphatic rings. The highest BCUT2D eigenvalue weighted by atomic mass is 19.1. The summed E-state index contributed by atoms with van der Waals surface area (Å²) >= 11 is 0. The standard InChI is InChI=1S/C19H26FN3O4.C19H24FN3O3/c1-19(2,3)27-18(26)23-7-6-22(15(10-23)12-24)11-17(25)13-4-5-16(20)14(8-13)9-21;1-19(2,3)26-18(24)23-7-6-22-11-17(25-12-15(22)10-23)13-4-5-16(20)14(8-13)9-21/h4-5,8,15,17,24-25H,6-7,10-12H2,1-3H3;4-5,8,15,17H,6-7,10-12H2,1-3H3/t2*15-,17?/m01/s1. The summed E-state index contributed by atoms with van der Waals surface area (Å²) in [5, 5.41) is 38.1. The molecule has 2 aromatic rings. The molecule has 4 atom stereocenters. The Hall–Kier alpha value is -4.38. The van der Waals surface area contributed by atoms with Crippen LogP contribution in [0.2, 0.25) is 0 Å². The number of hydrogen-bond acceptors (Lipinski definition) is 11. The molecule has 0 radical (unpaired) electrons. The maximum Gasteiger partial charge on any atom is 0.410 e. The number of fused-ring (bicyclic) bond motifs is 1. The van der Waals surface area contributed by atoms with Crippen molar-refractivity contribution in [2.75, 3.05) is 65.6 Å². The maximum atomic E-state index is 13.5. The fraction of sp³-hybridized carbons (Fsp3) is 0.579. The summed E-state index contributed by atoms with van der Waals surface area (Å²) in [4.78, 5) is 31.9. The van der Waals surface area contributed by atoms with Crippen molar-refractivity contribution < 1.29 is 42.8 Å². The van der Waals surface area contributed by atoms with Crippen molar-refractivity contribution in [1.82, 2.24) is 19.6 Å². The third-order valence-corrected chi connectivity index (χ3v) is 9.00. The molecule has 2 aromatic carbocycles. The lowest BCUT2D eigenvalue weighted by atomic mass is 10.0. The summed E-state index contributed by atoms with van der Waals surface area (Å²) in [6, 6.07) is 11.8. The summed E-state index contributed by atoms with van der Waals surface area (Å²) in [6.45, 7) is 15.1. The zero-order chi connectivity index (χ0) is 39.1. The van der Waals surface area contributed by atoms with Gasteiger partial charge in [0.1, 0.15) is 35.0 Å². The molecule has 5 rings (SSSR count). The van der Waals surface area contributed by atoms with Crippen molar-refractivity contribution in [3.8, 4) is 12.1 Å². The van der Waals surface area contributed by atoms with Gasteiger partial charge in [0.2, 0.25) is 0 Å². The zero-order valence-electron chi connectivity index (χ0n) is 31.2. The summed E-state index contributed by atoms with van der Waals surface area (Å²) in [5.74, 6) is -1.15. The van der Waals surface area contributed by atoms with Crippen molar-refractivity contribution in [3.05, 3.63) is 70.3 Å². The van der Waals surface area contributed by atoms with E-state index in [0.717, 1.165) is 18.2 Å². The van der Waals surface area contributed by atoms with Gasteiger partial charge in [0.05, 0.1) is 48.6 Å². The van der Waals surface area contributed by atoms with Crippen LogP contribution in [0.15, 0.2) is 36.4 Å². The molecule has 0 spiro atoms. The lowest BCUT2D eigenvalue weighted by Crippen LogP contribution is -2.60. The van der Waals surface area contributed by atoms with Gasteiger partial charge in [-0.15, -0.1) is 0 Å². The van der Waals surface area contributed by atoms with Gasteiger partial charge in [-0.1, -0.05) is 12.1 Å². The number of nitrogens with zero attached hydrogens (tertiary/aromatic N) is 6. The number of β-amino-alcohol motifs (C(OH)–C–C–N with tert-alkyl or cyclic N) is 1. The summed E-state index contributed by atoms with van der Waals surface area (Å²) in [5.41, 5.74) is 0.0296. The van der Waals surface area contributed by atoms with Crippen LogP contribution in [0, 0.1) is 34.3 Å². The molecule has 288 valence electrons. The number of morpholine rings is 1. The highest BCUT2D eigenvalue weighted by Crippen LogP contribution is 2.29. The monoisotopic (exact) mass is 740 g/mol. The molecule has 0 bridgehead atoms. The average Bonchev–Trinajstić information content (AvgIpc) is 3.10. The number of aliphatic hydroxyl groups is 2. The second kappa shape index (κ2) is 17.6. The lowest BCUT2D eigenvalue weighted by Gasteiger charge is -2.46. The van der Waals surface area contributed by atoms with E-state index in [2.05, 4.69) is 4.90 Å². The Kier molecular flexibility index (Phi) is 13.8. The van der Waals surface area contributed by atoms with Gasteiger partial charge in [-0.25, -0.2) is 18.4 Å². The first-order valence-corrected chi connectivity index (χ1v) is 17.6. The number of aliphatic hydroxyl groups excluding tert-OH is 2. The normalized spacial score (nSPS) is 21.6. The molecule has 3 fully saturated rings. The maximum absolute atomic E-state index is 13.5. The van der Waals surface area contributed by atoms with Crippen LogP contribution in [-0.4, -0.2) is 131 Å². The highest BCUT2D eigenvalue weighted by molar-refractivity contribution is 5.68. The lowest BCUT2D eigenvalue weighted by molar-refractivity contribution is -0.0906. The van der Waals surface area contributed by atoms with E-state index < -0.39 is 35.0 Å². The first kappa shape index (κ1) is 41.4. The number of halogens is 2. The van der Waals surface area contributed by atoms with Crippen molar-refractivity contribution in [2.45, 2.75) is 77.0 Å². The van der Waals surface area contributed by atoms with Gasteiger partial charge in [-0.2, -0.15) is 10.5 Å². The van der Waals surface area contributed by atoms with Crippen LogP contribution >= 0.6 is 0 Å². The van der Waals surface area contributed by atoms with Crippen molar-refractivity contribution >= 4 is 12.2 Å². The fourth-order valence-corrected chi connectivity index (χ4v) is 6.27. The fourth-order valence-electron chi connectivity index (χ4n) is 6.27. The molecule has 3 aliphatic heterocycles. The van der Waals surface area contributed by atoms with Gasteiger partial charge in [0.15, 0.2) is 0 Å². The van der Waals surface area contributed by atoms with Gasteiger partial charge in [-0.3, -0.25) is 9.80 Å². The predicted molar refractivity (Wildman–Crippen MR) is 189 cm³/mol. The van der Waals surface area contributed by atoms with Crippen molar-refractivity contribution in [3.63, 3.8) is 0 Å². The molecule has 15 heteroatoms. The number of amides is 2. The van der Waals surface area contributed by atoms with E-state index in [1.807, 2.05) is 31.7 Å². The van der Waals surface area contributed by atoms with Gasteiger partial charge in [-0.05, 0) is 76.9 Å². The number of carbonyl (C=O) groups is 2. The average molecular weight is 741 g/mol. The predicted octanol–water partition coefficient (Wildman–Crippen LogP) is 4.33. The first-order valence-electron chi connectivity index (χ1n) is 17.6. The second-order valence-electron chi connectivity index (χ2n) is 15.4. The van der Waals surface area contributed by atoms with E-state index >= 15 is 0 Å². The first-order chi connectivity index (χ1) is 24.9. The Balaban J connectivity index is 0.000000237. The number of nitriles is 2. The molecule has 3 saturated heterocycles. The minimum Gasteiger partial charge on any atom is -0.444 e. The number of piperazine rings is 2. The summed E-state index contributed by atoms with van der Waals surface area (Å²) in [7, 11) is 0. The quantitative estimate of drug-likeness (QED) is 0.449. The van der Waals surface area contributed by atoms with E-state index in [0.29, 0.717) is 44.9 Å². The van der Waals surface area contributed by atoms with Gasteiger partial charge in [0.25, 0.3) is 0 Å². The van der Waals surface area contributed by atoms with E-state index in [1.165, 1.54) is 18.2 Å². The smallest absolute Gasteiger partial charge is 0.410 e. The minimum atomic E-state index is -0.945. The van der Waals surface area contributed by atoms with Crippen LogP contribution in [-0.2, 0) is 14.2 Å². The number of rotatable bonds is 5. The SMILES string of the molecule is CC(C)(C)OC(=O)N1CCN(CC(O)c2ccc(F)c(C#N)c2)[C@H](CO)C1.CC(C)(C)OC(=O)N1CCN2CC(c3ccc(F)c(C#N)c3)OC[C@H]2C1. The number of ether oxygens (including phenoxy) is 3. The van der Waals surface area contributed by atoms with Crippen molar-refractivity contribution in [1.29, 1.82) is 10.5 Å². The molecule has 0 aliphatic carbocycles. The van der Waals surface area contributed by atoms with Crippen LogP contribution in [0.1, 0.15) is 76.0 Å². The third kappa shape index (κ3) is 11.6. The Morgan fingerprint density at radius 1 is 0.868 bits per heavy atom. The molecule has 2 amide bonds. The molecular formula is C38H50F2N6O7. The van der Waals surface area contributed by atoms with Crippen LogP contribution in [0.4, 0.5) is 18.4 Å². The van der Waals surface area contributed by atoms with Crippen LogP contribution in [0.25, 0.3) is 0 Å². The largest absolute Gasteiger partial charge is 0.444 e. The Morgan fingerprint density at radius 2 is 1.43 bits per heavy atom. The molecule has 0 saturated carbocycles. The Morgan fingerprint density at radius 3 is 2.02 bits per heavy atom. The van der Waals surface area contributed by atoms with Gasteiger partial charge in [0, 0.05) is 52.4 Å². The van der Waals surface area contributed by atoms with Crippen molar-refractivity contribution in [2.24, 2.45) is 0 Å². The number of carbonyl (C=O) groups excluding carboxylic acids is 2. The minimum absolute atomic E-state index is 0.0305. The third-order valence-electron chi connectivity index (χ3n) is 9.00. The van der Waals surface area contributed by atoms with E-state index in [4.69, 9.17) is 24.7 Å². The zero-order valence-corrected chi connectivity index (χ0v) is 31.2. The van der Waals surface area contributed by atoms with Crippen LogP contribution in [0.3, 0.4) is 0 Å².